The lowest BCUT2D eigenvalue weighted by Gasteiger charge is -2.10. The third-order valence-corrected chi connectivity index (χ3v) is 4.33. The van der Waals surface area contributed by atoms with Crippen molar-refractivity contribution >= 4 is 17.4 Å². The van der Waals surface area contributed by atoms with E-state index in [4.69, 9.17) is 4.74 Å². The van der Waals surface area contributed by atoms with Crippen LogP contribution in [0.4, 0.5) is 18.9 Å². The molecule has 3 aromatic rings. The van der Waals surface area contributed by atoms with Crippen LogP contribution in [0, 0.1) is 0 Å². The van der Waals surface area contributed by atoms with Crippen molar-refractivity contribution in [2.24, 2.45) is 0 Å². The van der Waals surface area contributed by atoms with Gasteiger partial charge in [0.2, 0.25) is 0 Å². The van der Waals surface area contributed by atoms with E-state index in [2.05, 4.69) is 5.32 Å². The third kappa shape index (κ3) is 4.60. The van der Waals surface area contributed by atoms with Gasteiger partial charge in [-0.25, -0.2) is 0 Å². The lowest BCUT2D eigenvalue weighted by molar-refractivity contribution is -0.137. The summed E-state index contributed by atoms with van der Waals surface area (Å²) in [6.07, 6.45) is -4.49. The lowest BCUT2D eigenvalue weighted by atomic mass is 10.0. The lowest BCUT2D eigenvalue weighted by Crippen LogP contribution is -2.14. The van der Waals surface area contributed by atoms with Gasteiger partial charge >= 0.3 is 6.18 Å². The van der Waals surface area contributed by atoms with Gasteiger partial charge in [-0.05, 0) is 66.7 Å². The molecule has 0 aromatic heterocycles. The monoisotopic (exact) mass is 415 g/mol. The molecule has 0 aliphatic carbocycles. The van der Waals surface area contributed by atoms with Crippen LogP contribution in [0.25, 0.3) is 0 Å². The Labute approximate surface area is 169 Å². The van der Waals surface area contributed by atoms with E-state index in [1.165, 1.54) is 25.3 Å². The number of phenolic OH excluding ortho intramolecular Hbond substituents is 1. The Morgan fingerprint density at radius 3 is 2.07 bits per heavy atom. The summed E-state index contributed by atoms with van der Waals surface area (Å²) in [4.78, 5) is 25.2. The zero-order chi connectivity index (χ0) is 21.9. The van der Waals surface area contributed by atoms with Gasteiger partial charge in [-0.2, -0.15) is 13.2 Å². The number of nitrogens with one attached hydrogen (secondary N) is 1. The topological polar surface area (TPSA) is 75.6 Å². The molecule has 0 heterocycles. The molecule has 30 heavy (non-hydrogen) atoms. The summed E-state index contributed by atoms with van der Waals surface area (Å²) in [5.74, 6) is -0.933. The number of ether oxygens (including phenoxy) is 1. The number of anilines is 1. The summed E-state index contributed by atoms with van der Waals surface area (Å²) < 4.78 is 43.0. The Kier molecular flexibility index (Phi) is 5.77. The van der Waals surface area contributed by atoms with E-state index in [1.54, 1.807) is 24.3 Å². The number of phenols is 1. The molecule has 154 valence electrons. The van der Waals surface area contributed by atoms with Crippen molar-refractivity contribution in [3.63, 3.8) is 0 Å². The number of aromatic hydroxyl groups is 1. The molecule has 3 aromatic carbocycles. The van der Waals surface area contributed by atoms with Crippen molar-refractivity contribution < 1.29 is 32.6 Å². The first-order chi connectivity index (χ1) is 14.2. The molecular formula is C22H16F3NO4. The van der Waals surface area contributed by atoms with Gasteiger partial charge in [0.25, 0.3) is 5.91 Å². The summed E-state index contributed by atoms with van der Waals surface area (Å²) in [5, 5.41) is 12.4. The van der Waals surface area contributed by atoms with Crippen LogP contribution in [-0.4, -0.2) is 23.9 Å². The Bertz CT molecular complexity index is 1080. The number of ketones is 1. The number of carbonyl (C=O) groups is 2. The second kappa shape index (κ2) is 8.28. The van der Waals surface area contributed by atoms with Crippen LogP contribution in [0.3, 0.4) is 0 Å². The number of hydrogen-bond donors (Lipinski definition) is 2. The van der Waals surface area contributed by atoms with E-state index in [0.29, 0.717) is 11.3 Å². The molecule has 8 heteroatoms. The van der Waals surface area contributed by atoms with E-state index in [9.17, 15) is 27.9 Å². The first-order valence-corrected chi connectivity index (χ1v) is 8.69. The quantitative estimate of drug-likeness (QED) is 0.581. The maximum Gasteiger partial charge on any atom is 0.416 e. The van der Waals surface area contributed by atoms with Crippen LogP contribution in [0.15, 0.2) is 66.7 Å². The van der Waals surface area contributed by atoms with Gasteiger partial charge in [-0.1, -0.05) is 0 Å². The van der Waals surface area contributed by atoms with E-state index in [0.717, 1.165) is 24.3 Å². The predicted molar refractivity (Wildman–Crippen MR) is 104 cm³/mol. The minimum Gasteiger partial charge on any atom is -0.507 e. The number of halogens is 3. The highest BCUT2D eigenvalue weighted by Gasteiger charge is 2.30. The standard InChI is InChI=1S/C22H16F3NO4/c1-30-17-9-2-13(3-10-17)20(28)14-4-11-19(27)18(12-14)21(29)26-16-7-5-15(6-8-16)22(23,24)25/h2-12,27H,1H3,(H,26,29). The van der Waals surface area contributed by atoms with Crippen molar-refractivity contribution in [3.8, 4) is 11.5 Å². The molecule has 0 aliphatic heterocycles. The maximum absolute atomic E-state index is 12.7. The fraction of sp³-hybridized carbons (Fsp3) is 0.0909. The van der Waals surface area contributed by atoms with Crippen LogP contribution in [0.5, 0.6) is 11.5 Å². The van der Waals surface area contributed by atoms with Gasteiger partial charge in [-0.3, -0.25) is 9.59 Å². The van der Waals surface area contributed by atoms with Crippen molar-refractivity contribution in [3.05, 3.63) is 89.0 Å². The Hall–Kier alpha value is -3.81. The fourth-order valence-electron chi connectivity index (χ4n) is 2.71. The third-order valence-electron chi connectivity index (χ3n) is 4.33. The highest BCUT2D eigenvalue weighted by molar-refractivity contribution is 6.12. The van der Waals surface area contributed by atoms with Crippen LogP contribution >= 0.6 is 0 Å². The largest absolute Gasteiger partial charge is 0.507 e. The Morgan fingerprint density at radius 1 is 0.900 bits per heavy atom. The van der Waals surface area contributed by atoms with Gasteiger partial charge in [0.15, 0.2) is 5.78 Å². The Balaban J connectivity index is 1.81. The van der Waals surface area contributed by atoms with Crippen LogP contribution < -0.4 is 10.1 Å². The van der Waals surface area contributed by atoms with E-state index in [1.807, 2.05) is 0 Å². The van der Waals surface area contributed by atoms with Gasteiger partial charge in [0, 0.05) is 16.8 Å². The van der Waals surface area contributed by atoms with E-state index < -0.39 is 17.6 Å². The molecule has 0 radical (unpaired) electrons. The number of hydrogen-bond acceptors (Lipinski definition) is 4. The first kappa shape index (κ1) is 20.9. The second-order valence-electron chi connectivity index (χ2n) is 6.32. The number of benzene rings is 3. The Morgan fingerprint density at radius 2 is 1.50 bits per heavy atom. The molecule has 0 saturated heterocycles. The summed E-state index contributed by atoms with van der Waals surface area (Å²) >= 11 is 0. The van der Waals surface area contributed by atoms with Gasteiger partial charge in [0.1, 0.15) is 11.5 Å². The highest BCUT2D eigenvalue weighted by Crippen LogP contribution is 2.30. The minimum atomic E-state index is -4.49. The molecule has 0 bridgehead atoms. The summed E-state index contributed by atoms with van der Waals surface area (Å²) in [7, 11) is 1.50. The fourth-order valence-corrected chi connectivity index (χ4v) is 2.71. The maximum atomic E-state index is 12.7. The van der Waals surface area contributed by atoms with Crippen LogP contribution in [0.2, 0.25) is 0 Å². The zero-order valence-electron chi connectivity index (χ0n) is 15.7. The first-order valence-electron chi connectivity index (χ1n) is 8.69. The normalized spacial score (nSPS) is 11.1. The van der Waals surface area contributed by atoms with Gasteiger partial charge < -0.3 is 15.2 Å². The van der Waals surface area contributed by atoms with Crippen LogP contribution in [0.1, 0.15) is 31.8 Å². The SMILES string of the molecule is COc1ccc(C(=O)c2ccc(O)c(C(=O)Nc3ccc(C(F)(F)F)cc3)c2)cc1. The summed E-state index contributed by atoms with van der Waals surface area (Å²) in [5.41, 5.74) is -0.407. The number of carbonyl (C=O) groups excluding carboxylic acids is 2. The number of rotatable bonds is 5. The van der Waals surface area contributed by atoms with Crippen LogP contribution in [-0.2, 0) is 6.18 Å². The number of amides is 1. The van der Waals surface area contributed by atoms with E-state index in [-0.39, 0.29) is 28.3 Å². The molecule has 5 nitrogen and oxygen atoms in total. The van der Waals surface area contributed by atoms with E-state index >= 15 is 0 Å². The van der Waals surface area contributed by atoms with Crippen molar-refractivity contribution in [2.75, 3.05) is 12.4 Å². The van der Waals surface area contributed by atoms with Gasteiger partial charge in [0.05, 0.1) is 18.2 Å². The van der Waals surface area contributed by atoms with Gasteiger partial charge in [-0.15, -0.1) is 0 Å². The molecule has 1 amide bonds. The summed E-state index contributed by atoms with van der Waals surface area (Å²) in [6, 6.07) is 14.0. The molecule has 2 N–H and O–H groups in total. The molecule has 0 saturated carbocycles. The summed E-state index contributed by atoms with van der Waals surface area (Å²) in [6.45, 7) is 0. The molecular weight excluding hydrogens is 399 g/mol. The number of alkyl halides is 3. The van der Waals surface area contributed by atoms with Crippen molar-refractivity contribution in [2.45, 2.75) is 6.18 Å². The minimum absolute atomic E-state index is 0.110. The molecule has 0 fully saturated rings. The predicted octanol–water partition coefficient (Wildman–Crippen LogP) is 4.90. The molecule has 0 atom stereocenters. The number of methoxy groups -OCH3 is 1. The average Bonchev–Trinajstić information content (AvgIpc) is 2.73. The molecule has 3 rings (SSSR count). The molecule has 0 aliphatic rings. The smallest absolute Gasteiger partial charge is 0.416 e. The second-order valence-corrected chi connectivity index (χ2v) is 6.32. The van der Waals surface area contributed by atoms with Crippen molar-refractivity contribution in [1.29, 1.82) is 0 Å². The average molecular weight is 415 g/mol. The molecule has 0 unspecified atom stereocenters. The zero-order valence-corrected chi connectivity index (χ0v) is 15.7. The van der Waals surface area contributed by atoms with Crippen molar-refractivity contribution in [1.82, 2.24) is 0 Å². The highest BCUT2D eigenvalue weighted by atomic mass is 19.4. The molecule has 0 spiro atoms.